The summed E-state index contributed by atoms with van der Waals surface area (Å²) in [5.41, 5.74) is 0.932. The third-order valence-corrected chi connectivity index (χ3v) is 3.30. The van der Waals surface area contributed by atoms with Crippen molar-refractivity contribution in [2.24, 2.45) is 0 Å². The van der Waals surface area contributed by atoms with Crippen LogP contribution in [0.3, 0.4) is 0 Å². The number of β-lactam (4-membered cyclic amide) rings is 1. The lowest BCUT2D eigenvalue weighted by Gasteiger charge is -2.43. The van der Waals surface area contributed by atoms with Crippen LogP contribution in [-0.2, 0) is 14.3 Å². The molecule has 0 saturated carbocycles. The fraction of sp³-hybridized carbons (Fsp3) is 0.385. The summed E-state index contributed by atoms with van der Waals surface area (Å²) in [6.07, 6.45) is 0. The van der Waals surface area contributed by atoms with Crippen LogP contribution in [0.5, 0.6) is 0 Å². The van der Waals surface area contributed by atoms with Gasteiger partial charge in [0.25, 0.3) is 0 Å². The minimum Gasteiger partial charge on any atom is -0.465 e. The van der Waals surface area contributed by atoms with E-state index in [-0.39, 0.29) is 18.5 Å². The molecular weight excluding hydrogens is 254 g/mol. The van der Waals surface area contributed by atoms with Crippen LogP contribution in [0.25, 0.3) is 0 Å². The van der Waals surface area contributed by atoms with Gasteiger partial charge in [-0.05, 0) is 12.5 Å². The van der Waals surface area contributed by atoms with Gasteiger partial charge in [-0.1, -0.05) is 30.3 Å². The summed E-state index contributed by atoms with van der Waals surface area (Å²) in [4.78, 5) is 24.5. The highest BCUT2D eigenvalue weighted by Crippen LogP contribution is 2.38. The van der Waals surface area contributed by atoms with E-state index in [1.165, 1.54) is 4.90 Å². The first-order chi connectivity index (χ1) is 8.65. The van der Waals surface area contributed by atoms with Crippen molar-refractivity contribution in [1.29, 1.82) is 0 Å². The maximum Gasteiger partial charge on any atom is 0.325 e. The number of alkyl halides is 1. The SMILES string of the molecule is CCOC(=O)CN1C(=O)[C@@H](Cl)[C@H]1c1ccccc1. The molecule has 0 spiro atoms. The van der Waals surface area contributed by atoms with Gasteiger partial charge in [0.05, 0.1) is 12.6 Å². The zero-order valence-electron chi connectivity index (χ0n) is 10.0. The van der Waals surface area contributed by atoms with Crippen molar-refractivity contribution in [2.75, 3.05) is 13.2 Å². The molecular formula is C13H14ClNO3. The standard InChI is InChI=1S/C13H14ClNO3/c1-2-18-10(16)8-15-12(11(14)13(15)17)9-6-4-3-5-7-9/h3-7,11-12H,2,8H2,1H3/t11-,12+/m0/s1. The number of benzene rings is 1. The maximum atomic E-state index is 11.7. The van der Waals surface area contributed by atoms with Crippen LogP contribution in [0, 0.1) is 0 Å². The van der Waals surface area contributed by atoms with Crippen molar-refractivity contribution in [3.05, 3.63) is 35.9 Å². The highest BCUT2D eigenvalue weighted by atomic mass is 35.5. The molecule has 0 bridgehead atoms. The number of hydrogen-bond donors (Lipinski definition) is 0. The Morgan fingerprint density at radius 1 is 1.39 bits per heavy atom. The monoisotopic (exact) mass is 267 g/mol. The summed E-state index contributed by atoms with van der Waals surface area (Å²) >= 11 is 6.01. The van der Waals surface area contributed by atoms with Crippen LogP contribution >= 0.6 is 11.6 Å². The Labute approximate surface area is 110 Å². The van der Waals surface area contributed by atoms with Crippen molar-refractivity contribution < 1.29 is 14.3 Å². The van der Waals surface area contributed by atoms with Gasteiger partial charge < -0.3 is 9.64 Å². The van der Waals surface area contributed by atoms with Crippen molar-refractivity contribution in [2.45, 2.75) is 18.3 Å². The Morgan fingerprint density at radius 2 is 2.06 bits per heavy atom. The first-order valence-corrected chi connectivity index (χ1v) is 6.24. The average molecular weight is 268 g/mol. The zero-order valence-corrected chi connectivity index (χ0v) is 10.8. The molecule has 1 heterocycles. The van der Waals surface area contributed by atoms with Gasteiger partial charge in [0.15, 0.2) is 0 Å². The first kappa shape index (κ1) is 12.9. The van der Waals surface area contributed by atoms with Crippen molar-refractivity contribution in [3.8, 4) is 0 Å². The molecule has 1 saturated heterocycles. The smallest absolute Gasteiger partial charge is 0.325 e. The predicted octanol–water partition coefficient (Wildman–Crippen LogP) is 1.74. The number of halogens is 1. The van der Waals surface area contributed by atoms with E-state index in [1.807, 2.05) is 30.3 Å². The highest BCUT2D eigenvalue weighted by molar-refractivity contribution is 6.33. The predicted molar refractivity (Wildman–Crippen MR) is 67.2 cm³/mol. The second kappa shape index (κ2) is 5.40. The van der Waals surface area contributed by atoms with Gasteiger partial charge in [0, 0.05) is 0 Å². The van der Waals surface area contributed by atoms with Crippen LogP contribution in [0.1, 0.15) is 18.5 Å². The molecule has 2 rings (SSSR count). The van der Waals surface area contributed by atoms with E-state index >= 15 is 0 Å². The molecule has 1 aromatic carbocycles. The van der Waals surface area contributed by atoms with E-state index < -0.39 is 11.3 Å². The molecule has 0 aliphatic carbocycles. The molecule has 1 amide bonds. The van der Waals surface area contributed by atoms with Gasteiger partial charge in [-0.2, -0.15) is 0 Å². The second-order valence-corrected chi connectivity index (χ2v) is 4.50. The van der Waals surface area contributed by atoms with E-state index in [2.05, 4.69) is 0 Å². The Hall–Kier alpha value is -1.55. The molecule has 5 heteroatoms. The van der Waals surface area contributed by atoms with Crippen LogP contribution in [0.15, 0.2) is 30.3 Å². The highest BCUT2D eigenvalue weighted by Gasteiger charge is 2.47. The number of ether oxygens (including phenoxy) is 1. The summed E-state index contributed by atoms with van der Waals surface area (Å²) in [6, 6.07) is 9.19. The summed E-state index contributed by atoms with van der Waals surface area (Å²) in [6.45, 7) is 1.99. The van der Waals surface area contributed by atoms with E-state index in [4.69, 9.17) is 16.3 Å². The third kappa shape index (κ3) is 2.34. The summed E-state index contributed by atoms with van der Waals surface area (Å²) in [5.74, 6) is -0.631. The molecule has 0 unspecified atom stereocenters. The number of rotatable bonds is 4. The summed E-state index contributed by atoms with van der Waals surface area (Å²) in [7, 11) is 0. The van der Waals surface area contributed by atoms with Crippen LogP contribution in [0.2, 0.25) is 0 Å². The topological polar surface area (TPSA) is 46.6 Å². The minimum atomic E-state index is -0.596. The molecule has 0 N–H and O–H groups in total. The van der Waals surface area contributed by atoms with E-state index in [9.17, 15) is 9.59 Å². The fourth-order valence-corrected chi connectivity index (χ4v) is 2.43. The molecule has 1 aliphatic rings. The van der Waals surface area contributed by atoms with Crippen LogP contribution in [0.4, 0.5) is 0 Å². The third-order valence-electron chi connectivity index (χ3n) is 2.88. The van der Waals surface area contributed by atoms with Crippen LogP contribution < -0.4 is 0 Å². The molecule has 96 valence electrons. The molecule has 1 aliphatic heterocycles. The molecule has 1 aromatic rings. The van der Waals surface area contributed by atoms with E-state index in [0.29, 0.717) is 6.61 Å². The van der Waals surface area contributed by atoms with Crippen molar-refractivity contribution in [1.82, 2.24) is 4.90 Å². The first-order valence-electron chi connectivity index (χ1n) is 5.80. The molecule has 4 nitrogen and oxygen atoms in total. The molecule has 0 radical (unpaired) electrons. The Balaban J connectivity index is 2.10. The lowest BCUT2D eigenvalue weighted by Crippen LogP contribution is -2.57. The quantitative estimate of drug-likeness (QED) is 0.474. The number of esters is 1. The second-order valence-electron chi connectivity index (χ2n) is 4.03. The molecule has 18 heavy (non-hydrogen) atoms. The van der Waals surface area contributed by atoms with Gasteiger partial charge in [-0.25, -0.2) is 0 Å². The maximum absolute atomic E-state index is 11.7. The lowest BCUT2D eigenvalue weighted by molar-refractivity contribution is -0.157. The van der Waals surface area contributed by atoms with E-state index in [0.717, 1.165) is 5.56 Å². The van der Waals surface area contributed by atoms with Gasteiger partial charge in [0.1, 0.15) is 11.9 Å². The van der Waals surface area contributed by atoms with Crippen molar-refractivity contribution in [3.63, 3.8) is 0 Å². The number of hydrogen-bond acceptors (Lipinski definition) is 3. The zero-order chi connectivity index (χ0) is 13.1. The Kier molecular flexibility index (Phi) is 3.87. The van der Waals surface area contributed by atoms with Gasteiger partial charge in [-0.15, -0.1) is 11.6 Å². The molecule has 2 atom stereocenters. The number of nitrogens with zero attached hydrogens (tertiary/aromatic N) is 1. The molecule has 0 aromatic heterocycles. The van der Waals surface area contributed by atoms with Gasteiger partial charge >= 0.3 is 5.97 Å². The number of carbonyl (C=O) groups excluding carboxylic acids is 2. The summed E-state index contributed by atoms with van der Waals surface area (Å²) < 4.78 is 4.84. The lowest BCUT2D eigenvalue weighted by atomic mass is 9.93. The van der Waals surface area contributed by atoms with E-state index in [1.54, 1.807) is 6.92 Å². The summed E-state index contributed by atoms with van der Waals surface area (Å²) in [5, 5.41) is -0.596. The number of amides is 1. The van der Waals surface area contributed by atoms with Crippen molar-refractivity contribution >= 4 is 23.5 Å². The van der Waals surface area contributed by atoms with Gasteiger partial charge in [0.2, 0.25) is 5.91 Å². The Morgan fingerprint density at radius 3 is 2.67 bits per heavy atom. The Bertz CT molecular complexity index is 449. The number of carbonyl (C=O) groups is 2. The van der Waals surface area contributed by atoms with Crippen LogP contribution in [-0.4, -0.2) is 35.3 Å². The number of likely N-dealkylation sites (tertiary alicyclic amines) is 1. The average Bonchev–Trinajstić information content (AvgIpc) is 2.39. The fourth-order valence-electron chi connectivity index (χ4n) is 2.03. The van der Waals surface area contributed by atoms with Gasteiger partial charge in [-0.3, -0.25) is 9.59 Å². The normalized spacial score (nSPS) is 22.6. The largest absolute Gasteiger partial charge is 0.465 e. The minimum absolute atomic E-state index is 0.0462. The molecule has 1 fully saturated rings.